The summed E-state index contributed by atoms with van der Waals surface area (Å²) in [4.78, 5) is 5.26. The minimum atomic E-state index is -0.176. The average molecular weight is 250 g/mol. The SMILES string of the molecule is CNC(Cc1cncs1)c1cc(C)cc(F)c1. The second kappa shape index (κ2) is 5.38. The molecule has 0 amide bonds. The van der Waals surface area contributed by atoms with E-state index in [9.17, 15) is 4.39 Å². The minimum Gasteiger partial charge on any atom is -0.313 e. The smallest absolute Gasteiger partial charge is 0.123 e. The third-order valence-corrected chi connectivity index (χ3v) is 3.51. The number of hydrogen-bond donors (Lipinski definition) is 1. The van der Waals surface area contributed by atoms with Gasteiger partial charge in [-0.3, -0.25) is 4.98 Å². The first-order valence-electron chi connectivity index (χ1n) is 5.51. The summed E-state index contributed by atoms with van der Waals surface area (Å²) in [7, 11) is 1.89. The Morgan fingerprint density at radius 2 is 2.24 bits per heavy atom. The molecule has 1 N–H and O–H groups in total. The predicted molar refractivity (Wildman–Crippen MR) is 68.8 cm³/mol. The van der Waals surface area contributed by atoms with Crippen LogP contribution in [0.25, 0.3) is 0 Å². The van der Waals surface area contributed by atoms with E-state index in [1.54, 1.807) is 23.5 Å². The number of likely N-dealkylation sites (N-methyl/N-ethyl adjacent to an activating group) is 1. The molecule has 90 valence electrons. The zero-order valence-electron chi connectivity index (χ0n) is 9.90. The highest BCUT2D eigenvalue weighted by Gasteiger charge is 2.12. The van der Waals surface area contributed by atoms with Crippen LogP contribution in [0, 0.1) is 12.7 Å². The van der Waals surface area contributed by atoms with E-state index in [1.807, 2.05) is 31.7 Å². The van der Waals surface area contributed by atoms with Gasteiger partial charge in [0, 0.05) is 23.5 Å². The van der Waals surface area contributed by atoms with Crippen molar-refractivity contribution in [1.29, 1.82) is 0 Å². The van der Waals surface area contributed by atoms with Gasteiger partial charge in [0.1, 0.15) is 5.82 Å². The largest absolute Gasteiger partial charge is 0.313 e. The molecule has 0 aliphatic carbocycles. The van der Waals surface area contributed by atoms with E-state index >= 15 is 0 Å². The number of nitrogens with zero attached hydrogens (tertiary/aromatic N) is 1. The Labute approximate surface area is 105 Å². The standard InChI is InChI=1S/C13H15FN2S/c1-9-3-10(5-11(14)4-9)13(15-2)6-12-7-16-8-17-12/h3-5,7-8,13,15H,6H2,1-2H3. The van der Waals surface area contributed by atoms with Crippen molar-refractivity contribution in [3.63, 3.8) is 0 Å². The lowest BCUT2D eigenvalue weighted by molar-refractivity contribution is 0.579. The van der Waals surface area contributed by atoms with Crippen molar-refractivity contribution in [3.8, 4) is 0 Å². The molecule has 0 saturated heterocycles. The van der Waals surface area contributed by atoms with Crippen LogP contribution in [-0.4, -0.2) is 12.0 Å². The fourth-order valence-corrected chi connectivity index (χ4v) is 2.54. The number of hydrogen-bond acceptors (Lipinski definition) is 3. The number of benzene rings is 1. The van der Waals surface area contributed by atoms with Crippen LogP contribution in [0.4, 0.5) is 4.39 Å². The summed E-state index contributed by atoms with van der Waals surface area (Å²) in [6.07, 6.45) is 2.70. The van der Waals surface area contributed by atoms with Gasteiger partial charge in [0.05, 0.1) is 5.51 Å². The number of rotatable bonds is 4. The van der Waals surface area contributed by atoms with Gasteiger partial charge < -0.3 is 5.32 Å². The highest BCUT2D eigenvalue weighted by atomic mass is 32.1. The summed E-state index contributed by atoms with van der Waals surface area (Å²) in [6.45, 7) is 1.91. The lowest BCUT2D eigenvalue weighted by atomic mass is 10.0. The molecule has 4 heteroatoms. The van der Waals surface area contributed by atoms with E-state index in [0.29, 0.717) is 0 Å². The molecule has 17 heavy (non-hydrogen) atoms. The summed E-state index contributed by atoms with van der Waals surface area (Å²) in [5.74, 6) is -0.176. The normalized spacial score (nSPS) is 12.6. The Bertz CT molecular complexity index is 462. The maximum atomic E-state index is 13.4. The maximum Gasteiger partial charge on any atom is 0.123 e. The van der Waals surface area contributed by atoms with Gasteiger partial charge in [0.25, 0.3) is 0 Å². The molecule has 2 rings (SSSR count). The highest BCUT2D eigenvalue weighted by Crippen LogP contribution is 2.22. The summed E-state index contributed by atoms with van der Waals surface area (Å²) in [5.41, 5.74) is 3.75. The molecular weight excluding hydrogens is 235 g/mol. The fourth-order valence-electron chi connectivity index (χ4n) is 1.90. The quantitative estimate of drug-likeness (QED) is 0.902. The first-order valence-corrected chi connectivity index (χ1v) is 6.38. The Kier molecular flexibility index (Phi) is 3.86. The van der Waals surface area contributed by atoms with Gasteiger partial charge >= 0.3 is 0 Å². The van der Waals surface area contributed by atoms with Crippen LogP contribution < -0.4 is 5.32 Å². The number of thiazole rings is 1. The number of nitrogens with one attached hydrogen (secondary N) is 1. The Balaban J connectivity index is 2.22. The predicted octanol–water partition coefficient (Wildman–Crippen LogP) is 3.09. The van der Waals surface area contributed by atoms with Gasteiger partial charge in [0.15, 0.2) is 0 Å². The van der Waals surface area contributed by atoms with E-state index in [2.05, 4.69) is 10.3 Å². The van der Waals surface area contributed by atoms with Crippen molar-refractivity contribution >= 4 is 11.3 Å². The monoisotopic (exact) mass is 250 g/mol. The average Bonchev–Trinajstić information content (AvgIpc) is 2.77. The Morgan fingerprint density at radius 3 is 2.82 bits per heavy atom. The van der Waals surface area contributed by atoms with E-state index < -0.39 is 0 Å². The van der Waals surface area contributed by atoms with Crippen molar-refractivity contribution in [3.05, 3.63) is 51.7 Å². The lowest BCUT2D eigenvalue weighted by Gasteiger charge is -2.16. The summed E-state index contributed by atoms with van der Waals surface area (Å²) < 4.78 is 13.4. The van der Waals surface area contributed by atoms with Crippen LogP contribution in [0.3, 0.4) is 0 Å². The van der Waals surface area contributed by atoms with Crippen molar-refractivity contribution in [1.82, 2.24) is 10.3 Å². The Hall–Kier alpha value is -1.26. The number of aromatic nitrogens is 1. The molecule has 2 nitrogen and oxygen atoms in total. The minimum absolute atomic E-state index is 0.129. The fraction of sp³-hybridized carbons (Fsp3) is 0.308. The van der Waals surface area contributed by atoms with Gasteiger partial charge in [0.2, 0.25) is 0 Å². The number of halogens is 1. The van der Waals surface area contributed by atoms with E-state index in [-0.39, 0.29) is 11.9 Å². The van der Waals surface area contributed by atoms with Crippen LogP contribution in [0.2, 0.25) is 0 Å². The van der Waals surface area contributed by atoms with Crippen LogP contribution >= 0.6 is 11.3 Å². The number of aryl methyl sites for hydroxylation is 1. The third kappa shape index (κ3) is 3.11. The molecule has 0 bridgehead atoms. The molecule has 0 fully saturated rings. The molecule has 1 aromatic carbocycles. The van der Waals surface area contributed by atoms with Crippen molar-refractivity contribution < 1.29 is 4.39 Å². The van der Waals surface area contributed by atoms with E-state index in [0.717, 1.165) is 17.5 Å². The third-order valence-electron chi connectivity index (χ3n) is 2.70. The topological polar surface area (TPSA) is 24.9 Å². The summed E-state index contributed by atoms with van der Waals surface area (Å²) >= 11 is 1.62. The first kappa shape index (κ1) is 12.2. The molecule has 0 aliphatic rings. The van der Waals surface area contributed by atoms with Gasteiger partial charge in [-0.2, -0.15) is 0 Å². The highest BCUT2D eigenvalue weighted by molar-refractivity contribution is 7.09. The summed E-state index contributed by atoms with van der Waals surface area (Å²) in [5, 5.41) is 3.22. The summed E-state index contributed by atoms with van der Waals surface area (Å²) in [6, 6.07) is 5.29. The molecule has 2 aromatic rings. The van der Waals surface area contributed by atoms with Crippen LogP contribution in [0.15, 0.2) is 29.9 Å². The zero-order valence-corrected chi connectivity index (χ0v) is 10.7. The zero-order chi connectivity index (χ0) is 12.3. The molecule has 0 radical (unpaired) electrons. The molecule has 1 heterocycles. The lowest BCUT2D eigenvalue weighted by Crippen LogP contribution is -2.18. The second-order valence-electron chi connectivity index (χ2n) is 4.08. The molecule has 0 saturated carbocycles. The van der Waals surface area contributed by atoms with Crippen molar-refractivity contribution in [2.75, 3.05) is 7.05 Å². The molecule has 0 aliphatic heterocycles. The maximum absolute atomic E-state index is 13.4. The Morgan fingerprint density at radius 1 is 1.41 bits per heavy atom. The first-order chi connectivity index (χ1) is 8.19. The van der Waals surface area contributed by atoms with Crippen LogP contribution in [-0.2, 0) is 6.42 Å². The van der Waals surface area contributed by atoms with Gasteiger partial charge in [-0.15, -0.1) is 11.3 Å². The van der Waals surface area contributed by atoms with E-state index in [1.165, 1.54) is 4.88 Å². The van der Waals surface area contributed by atoms with E-state index in [4.69, 9.17) is 0 Å². The molecule has 1 unspecified atom stereocenters. The molecular formula is C13H15FN2S. The van der Waals surface area contributed by atoms with Gasteiger partial charge in [-0.25, -0.2) is 4.39 Å². The van der Waals surface area contributed by atoms with Crippen LogP contribution in [0.5, 0.6) is 0 Å². The van der Waals surface area contributed by atoms with Gasteiger partial charge in [-0.1, -0.05) is 6.07 Å². The second-order valence-corrected chi connectivity index (χ2v) is 5.05. The molecule has 1 atom stereocenters. The molecule has 0 spiro atoms. The molecule has 1 aromatic heterocycles. The van der Waals surface area contributed by atoms with Crippen molar-refractivity contribution in [2.45, 2.75) is 19.4 Å². The van der Waals surface area contributed by atoms with Crippen LogP contribution in [0.1, 0.15) is 22.0 Å². The van der Waals surface area contributed by atoms with Crippen molar-refractivity contribution in [2.24, 2.45) is 0 Å². The van der Waals surface area contributed by atoms with Gasteiger partial charge in [-0.05, 0) is 37.2 Å².